The summed E-state index contributed by atoms with van der Waals surface area (Å²) in [5.74, 6) is 0.135. The highest BCUT2D eigenvalue weighted by molar-refractivity contribution is 8.01. The molecule has 4 fully saturated rings. The Bertz CT molecular complexity index is 1160. The lowest BCUT2D eigenvalue weighted by Crippen LogP contribution is -2.72. The molecule has 40 heavy (non-hydrogen) atoms. The van der Waals surface area contributed by atoms with E-state index < -0.39 is 0 Å². The van der Waals surface area contributed by atoms with Crippen LogP contribution >= 0.6 is 11.8 Å². The van der Waals surface area contributed by atoms with Gasteiger partial charge in [0.2, 0.25) is 5.91 Å². The van der Waals surface area contributed by atoms with Crippen LogP contribution in [0.1, 0.15) is 44.1 Å². The van der Waals surface area contributed by atoms with Crippen LogP contribution in [0.2, 0.25) is 0 Å². The van der Waals surface area contributed by atoms with Crippen LogP contribution in [0, 0.1) is 23.1 Å². The highest BCUT2D eigenvalue weighted by atomic mass is 32.2. The van der Waals surface area contributed by atoms with Crippen molar-refractivity contribution in [2.75, 3.05) is 39.8 Å². The molecule has 7 atom stereocenters. The summed E-state index contributed by atoms with van der Waals surface area (Å²) in [7, 11) is 2.17. The molecule has 8 nitrogen and oxygen atoms in total. The normalized spacial score (nSPS) is 36.3. The second-order valence-corrected chi connectivity index (χ2v) is 13.7. The summed E-state index contributed by atoms with van der Waals surface area (Å²) in [5, 5.41) is 17.1. The molecule has 1 aliphatic carbocycles. The summed E-state index contributed by atoms with van der Waals surface area (Å²) >= 11 is 1.74. The highest BCUT2D eigenvalue weighted by Crippen LogP contribution is 2.55. The fourth-order valence-electron chi connectivity index (χ4n) is 7.72. The minimum Gasteiger partial charge on any atom is -0.348 e. The fraction of sp³-hybridized carbons (Fsp3) is 0.667. The Labute approximate surface area is 241 Å². The largest absolute Gasteiger partial charge is 0.348 e. The van der Waals surface area contributed by atoms with Gasteiger partial charge in [-0.15, -0.1) is 11.8 Å². The van der Waals surface area contributed by atoms with E-state index in [4.69, 9.17) is 4.74 Å². The lowest BCUT2D eigenvalue weighted by molar-refractivity contribution is -0.135. The van der Waals surface area contributed by atoms with Crippen molar-refractivity contribution in [1.82, 2.24) is 25.3 Å². The third-order valence-corrected chi connectivity index (χ3v) is 11.4. The van der Waals surface area contributed by atoms with Gasteiger partial charge in [0.15, 0.2) is 6.35 Å². The number of carbonyl (C=O) groups excluding carboxylic acids is 1. The first-order valence-electron chi connectivity index (χ1n) is 14.7. The Balaban J connectivity index is 1.21. The molecular formula is C30H41FN6O2S. The molecule has 6 rings (SSSR count). The lowest BCUT2D eigenvalue weighted by atomic mass is 9.73. The smallest absolute Gasteiger partial charge is 0.246 e. The number of nitrogens with zero attached hydrogens (tertiary/aromatic N) is 4. The van der Waals surface area contributed by atoms with Crippen molar-refractivity contribution < 1.29 is 13.9 Å². The van der Waals surface area contributed by atoms with E-state index >= 15 is 0 Å². The minimum atomic E-state index is -0.289. The summed E-state index contributed by atoms with van der Waals surface area (Å²) < 4.78 is 21.2. The number of amides is 1. The molecule has 4 heterocycles. The van der Waals surface area contributed by atoms with Gasteiger partial charge in [0.25, 0.3) is 0 Å². The Hall–Kier alpha value is -2.00. The van der Waals surface area contributed by atoms with E-state index in [1.165, 1.54) is 12.5 Å². The van der Waals surface area contributed by atoms with Crippen molar-refractivity contribution >= 4 is 17.7 Å². The second kappa shape index (κ2) is 11.7. The van der Waals surface area contributed by atoms with E-state index in [2.05, 4.69) is 46.2 Å². The summed E-state index contributed by atoms with van der Waals surface area (Å²) in [6, 6.07) is 8.25. The van der Waals surface area contributed by atoms with Crippen LogP contribution in [0.15, 0.2) is 35.7 Å². The van der Waals surface area contributed by atoms with Gasteiger partial charge in [0, 0.05) is 47.3 Å². The lowest BCUT2D eigenvalue weighted by Gasteiger charge is -2.55. The molecule has 3 saturated heterocycles. The van der Waals surface area contributed by atoms with Gasteiger partial charge < -0.3 is 14.5 Å². The predicted octanol–water partition coefficient (Wildman–Crippen LogP) is 2.91. The van der Waals surface area contributed by atoms with Crippen LogP contribution < -0.4 is 10.6 Å². The van der Waals surface area contributed by atoms with Gasteiger partial charge in [-0.05, 0) is 69.8 Å². The maximum Gasteiger partial charge on any atom is 0.246 e. The number of thioether (sulfide) groups is 1. The summed E-state index contributed by atoms with van der Waals surface area (Å²) in [5.41, 5.74) is 1.13. The van der Waals surface area contributed by atoms with Gasteiger partial charge in [-0.3, -0.25) is 20.3 Å². The Morgan fingerprint density at radius 3 is 2.92 bits per heavy atom. The number of piperazine rings is 1. The maximum atomic E-state index is 14.7. The molecule has 1 amide bonds. The Kier molecular flexibility index (Phi) is 8.23. The number of nitrogens with one attached hydrogen (secondary N) is 2. The van der Waals surface area contributed by atoms with Gasteiger partial charge in [-0.1, -0.05) is 18.7 Å². The van der Waals surface area contributed by atoms with Gasteiger partial charge >= 0.3 is 0 Å². The van der Waals surface area contributed by atoms with Gasteiger partial charge in [-0.25, -0.2) is 4.39 Å². The fourth-order valence-corrected chi connectivity index (χ4v) is 9.30. The van der Waals surface area contributed by atoms with Crippen LogP contribution in [-0.2, 0) is 16.0 Å². The zero-order valence-electron chi connectivity index (χ0n) is 23.4. The molecule has 2 N–H and O–H groups in total. The SMILES string of the molecule is C=CC(=O)N1CCN(C2NC(OCC3CCCN3C)NC3C[C@]4(CCC32)Cc2cccc(F)c2S4)CC1CC#N. The molecule has 0 aromatic heterocycles. The molecule has 1 aromatic carbocycles. The van der Waals surface area contributed by atoms with Crippen LogP contribution in [0.4, 0.5) is 4.39 Å². The standard InChI is InChI=1S/C30H41FN6O2S/c1-3-26(38)37-15-14-36(18-21(37)10-12-32)28-23-9-11-30(16-20-6-4-8-24(31)27(20)40-30)17-25(23)33-29(34-28)39-19-22-7-5-13-35(22)2/h3-4,6,8,21-23,25,28-29,33-34H,1,5,7,9-11,13-19H2,2H3/t21?,22?,23?,25?,28?,29?,30-/m0/s1. The number of carbonyl (C=O) groups is 1. The number of likely N-dealkylation sites (tertiary alicyclic amines) is 1. The average molecular weight is 569 g/mol. The van der Waals surface area contributed by atoms with Crippen LogP contribution in [0.25, 0.3) is 0 Å². The van der Waals surface area contributed by atoms with E-state index in [9.17, 15) is 14.4 Å². The molecule has 10 heteroatoms. The molecule has 0 radical (unpaired) electrons. The number of hydrogen-bond acceptors (Lipinski definition) is 8. The molecule has 1 aromatic rings. The molecule has 4 aliphatic heterocycles. The number of nitriles is 1. The van der Waals surface area contributed by atoms with E-state index in [0.29, 0.717) is 38.1 Å². The topological polar surface area (TPSA) is 83.9 Å². The molecule has 0 bridgehead atoms. The van der Waals surface area contributed by atoms with Gasteiger partial charge in [0.1, 0.15) is 5.82 Å². The molecule has 6 unspecified atom stereocenters. The molecule has 216 valence electrons. The zero-order chi connectivity index (χ0) is 27.9. The first-order chi connectivity index (χ1) is 19.4. The number of benzene rings is 1. The Morgan fingerprint density at radius 1 is 1.30 bits per heavy atom. The van der Waals surface area contributed by atoms with Gasteiger partial charge in [0.05, 0.1) is 31.3 Å². The number of ether oxygens (including phenoxy) is 1. The summed E-state index contributed by atoms with van der Waals surface area (Å²) in [4.78, 5) is 19.9. The third kappa shape index (κ3) is 5.44. The highest BCUT2D eigenvalue weighted by Gasteiger charge is 2.51. The first kappa shape index (κ1) is 28.1. The van der Waals surface area contributed by atoms with Crippen LogP contribution in [0.3, 0.4) is 0 Å². The molecule has 5 aliphatic rings. The van der Waals surface area contributed by atoms with Crippen LogP contribution in [0.5, 0.6) is 0 Å². The van der Waals surface area contributed by atoms with Crippen molar-refractivity contribution in [1.29, 1.82) is 5.26 Å². The molecule has 1 saturated carbocycles. The predicted molar refractivity (Wildman–Crippen MR) is 153 cm³/mol. The van der Waals surface area contributed by atoms with Crippen molar-refractivity contribution in [3.8, 4) is 6.07 Å². The van der Waals surface area contributed by atoms with Crippen molar-refractivity contribution in [2.24, 2.45) is 5.92 Å². The first-order valence-corrected chi connectivity index (χ1v) is 15.6. The van der Waals surface area contributed by atoms with Crippen molar-refractivity contribution in [3.05, 3.63) is 42.2 Å². The summed E-state index contributed by atoms with van der Waals surface area (Å²) in [6.07, 6.45) is 7.69. The monoisotopic (exact) mass is 568 g/mol. The van der Waals surface area contributed by atoms with E-state index in [1.807, 2.05) is 6.07 Å². The van der Waals surface area contributed by atoms with E-state index in [-0.39, 0.29) is 41.1 Å². The number of rotatable bonds is 6. The number of fused-ring (bicyclic) bond motifs is 2. The number of hydrogen-bond donors (Lipinski definition) is 2. The van der Waals surface area contributed by atoms with Crippen LogP contribution in [-0.4, -0.2) is 95.8 Å². The second-order valence-electron chi connectivity index (χ2n) is 12.2. The molecular weight excluding hydrogens is 527 g/mol. The van der Waals surface area contributed by atoms with E-state index in [1.54, 1.807) is 22.7 Å². The average Bonchev–Trinajstić information content (AvgIpc) is 3.54. The van der Waals surface area contributed by atoms with Crippen molar-refractivity contribution in [2.45, 2.75) is 85.2 Å². The van der Waals surface area contributed by atoms with E-state index in [0.717, 1.165) is 55.7 Å². The quantitative estimate of drug-likeness (QED) is 0.507. The summed E-state index contributed by atoms with van der Waals surface area (Å²) in [6.45, 7) is 7.39. The Morgan fingerprint density at radius 2 is 2.17 bits per heavy atom. The third-order valence-electron chi connectivity index (χ3n) is 9.83. The van der Waals surface area contributed by atoms with Crippen molar-refractivity contribution in [3.63, 3.8) is 0 Å². The zero-order valence-corrected chi connectivity index (χ0v) is 24.2. The number of halogens is 1. The maximum absolute atomic E-state index is 14.7. The minimum absolute atomic E-state index is 0.00474. The number of likely N-dealkylation sites (N-methyl/N-ethyl adjacent to an activating group) is 1. The molecule has 1 spiro atoms. The van der Waals surface area contributed by atoms with Gasteiger partial charge in [-0.2, -0.15) is 5.26 Å².